The number of hydrogen-bond donors (Lipinski definition) is 0. The Morgan fingerprint density at radius 2 is 1.74 bits per heavy atom. The molecule has 1 aromatic rings. The molecule has 0 atom stereocenters. The number of rotatable bonds is 4. The number of carbonyl (C=O) groups is 2. The number of methoxy groups -OCH3 is 1. The highest BCUT2D eigenvalue weighted by atomic mass is 32.1. The number of halogens is 3. The number of esters is 1. The maximum atomic E-state index is 12.9. The molecule has 150 valence electrons. The molecule has 1 saturated heterocycles. The lowest BCUT2D eigenvalue weighted by Gasteiger charge is -2.32. The van der Waals surface area contributed by atoms with Crippen LogP contribution in [0.15, 0.2) is 6.07 Å². The average Bonchev–Trinajstić information content (AvgIpc) is 3.06. The second-order valence-electron chi connectivity index (χ2n) is 6.99. The van der Waals surface area contributed by atoms with Gasteiger partial charge in [0.1, 0.15) is 4.88 Å². The summed E-state index contributed by atoms with van der Waals surface area (Å²) < 4.78 is 55.6. The Kier molecular flexibility index (Phi) is 5.71. The van der Waals surface area contributed by atoms with Crippen LogP contribution in [0.1, 0.15) is 44.3 Å². The van der Waals surface area contributed by atoms with E-state index < -0.39 is 36.4 Å². The number of ether oxygens (including phenoxy) is 1. The number of carbonyl (C=O) groups excluding carboxylic acids is 2. The summed E-state index contributed by atoms with van der Waals surface area (Å²) in [6.45, 7) is 8.42. The summed E-state index contributed by atoms with van der Waals surface area (Å²) in [4.78, 5) is 24.3. The molecule has 1 aliphatic rings. The fourth-order valence-corrected chi connectivity index (χ4v) is 3.53. The van der Waals surface area contributed by atoms with Crippen molar-refractivity contribution in [3.63, 3.8) is 0 Å². The maximum Gasteiger partial charge on any atom is 0.505 e. The third kappa shape index (κ3) is 3.99. The highest BCUT2D eigenvalue weighted by Crippen LogP contribution is 2.38. The van der Waals surface area contributed by atoms with E-state index in [-0.39, 0.29) is 17.1 Å². The summed E-state index contributed by atoms with van der Waals surface area (Å²) in [6, 6.07) is 1.31. The molecule has 1 aromatic heterocycles. The third-order valence-electron chi connectivity index (χ3n) is 4.68. The molecule has 0 aliphatic carbocycles. The van der Waals surface area contributed by atoms with Gasteiger partial charge in [-0.3, -0.25) is 4.79 Å². The van der Waals surface area contributed by atoms with Gasteiger partial charge in [-0.15, -0.1) is 11.3 Å². The standard InChI is InChI=1S/C16H21BF3NO5S/c1-7-21(13(23)16(18,19)20)9-8-10(27-11(9)12(22)24-6)17-25-14(2,3)15(4,5)26-17/h8H,7H2,1-6H3. The van der Waals surface area contributed by atoms with Gasteiger partial charge in [0, 0.05) is 11.3 Å². The Balaban J connectivity index is 2.50. The van der Waals surface area contributed by atoms with Gasteiger partial charge in [-0.2, -0.15) is 13.2 Å². The van der Waals surface area contributed by atoms with E-state index in [1.165, 1.54) is 13.0 Å². The molecule has 2 heterocycles. The molecule has 0 saturated carbocycles. The van der Waals surface area contributed by atoms with Crippen molar-refractivity contribution >= 4 is 40.8 Å². The van der Waals surface area contributed by atoms with Gasteiger partial charge in [0.2, 0.25) is 0 Å². The molecule has 0 bridgehead atoms. The second-order valence-corrected chi connectivity index (χ2v) is 8.07. The SMILES string of the molecule is CCN(C(=O)C(F)(F)F)c1cc(B2OC(C)(C)C(C)(C)O2)sc1C(=O)OC. The van der Waals surface area contributed by atoms with Gasteiger partial charge in [0.15, 0.2) is 0 Å². The monoisotopic (exact) mass is 407 g/mol. The minimum Gasteiger partial charge on any atom is -0.465 e. The maximum absolute atomic E-state index is 12.9. The number of nitrogens with zero attached hydrogens (tertiary/aromatic N) is 1. The molecule has 0 radical (unpaired) electrons. The highest BCUT2D eigenvalue weighted by molar-refractivity contribution is 7.24. The van der Waals surface area contributed by atoms with E-state index in [9.17, 15) is 22.8 Å². The summed E-state index contributed by atoms with van der Waals surface area (Å²) in [6.07, 6.45) is -5.07. The predicted octanol–water partition coefficient (Wildman–Crippen LogP) is 2.75. The quantitative estimate of drug-likeness (QED) is 0.568. The topological polar surface area (TPSA) is 65.1 Å². The lowest BCUT2D eigenvalue weighted by atomic mass is 9.88. The van der Waals surface area contributed by atoms with Gasteiger partial charge in [0.05, 0.1) is 24.0 Å². The van der Waals surface area contributed by atoms with Gasteiger partial charge < -0.3 is 18.9 Å². The fourth-order valence-electron chi connectivity index (χ4n) is 2.49. The van der Waals surface area contributed by atoms with Crippen molar-refractivity contribution in [2.75, 3.05) is 18.6 Å². The smallest absolute Gasteiger partial charge is 0.465 e. The first-order valence-corrected chi connectivity index (χ1v) is 9.03. The van der Waals surface area contributed by atoms with E-state index in [0.717, 1.165) is 18.4 Å². The van der Waals surface area contributed by atoms with Crippen molar-refractivity contribution in [3.05, 3.63) is 10.9 Å². The molecule has 1 fully saturated rings. The van der Waals surface area contributed by atoms with Crippen LogP contribution in [0.3, 0.4) is 0 Å². The van der Waals surface area contributed by atoms with E-state index in [0.29, 0.717) is 9.68 Å². The van der Waals surface area contributed by atoms with Crippen LogP contribution < -0.4 is 9.68 Å². The largest absolute Gasteiger partial charge is 0.505 e. The molecule has 2 rings (SSSR count). The Bertz CT molecular complexity index is 731. The van der Waals surface area contributed by atoms with Crippen molar-refractivity contribution in [2.24, 2.45) is 0 Å². The molecule has 27 heavy (non-hydrogen) atoms. The second kappa shape index (κ2) is 7.10. The van der Waals surface area contributed by atoms with E-state index in [1.54, 1.807) is 0 Å². The van der Waals surface area contributed by atoms with Gasteiger partial charge in [-0.05, 0) is 40.7 Å². The summed E-state index contributed by atoms with van der Waals surface area (Å²) in [5.41, 5.74) is -1.51. The van der Waals surface area contributed by atoms with E-state index in [2.05, 4.69) is 4.74 Å². The van der Waals surface area contributed by atoms with E-state index >= 15 is 0 Å². The number of thiophene rings is 1. The highest BCUT2D eigenvalue weighted by Gasteiger charge is 2.53. The van der Waals surface area contributed by atoms with Gasteiger partial charge in [-0.25, -0.2) is 4.79 Å². The molecular formula is C16H21BF3NO5S. The Hall–Kier alpha value is -1.59. The van der Waals surface area contributed by atoms with Crippen LogP contribution in [0.5, 0.6) is 0 Å². The predicted molar refractivity (Wildman–Crippen MR) is 95.5 cm³/mol. The lowest BCUT2D eigenvalue weighted by molar-refractivity contribution is -0.170. The Morgan fingerprint density at radius 1 is 1.22 bits per heavy atom. The van der Waals surface area contributed by atoms with Crippen LogP contribution in [0.4, 0.5) is 18.9 Å². The van der Waals surface area contributed by atoms with Crippen LogP contribution in [-0.4, -0.2) is 50.0 Å². The number of alkyl halides is 3. The minimum absolute atomic E-state index is 0.123. The Morgan fingerprint density at radius 3 is 2.15 bits per heavy atom. The first-order valence-electron chi connectivity index (χ1n) is 8.21. The van der Waals surface area contributed by atoms with Crippen LogP contribution in [-0.2, 0) is 18.8 Å². The lowest BCUT2D eigenvalue weighted by Crippen LogP contribution is -2.41. The number of amides is 1. The number of anilines is 1. The molecular weight excluding hydrogens is 386 g/mol. The molecule has 11 heteroatoms. The zero-order valence-electron chi connectivity index (χ0n) is 15.9. The molecule has 0 spiro atoms. The zero-order chi connectivity index (χ0) is 20.8. The van der Waals surface area contributed by atoms with Gasteiger partial charge >= 0.3 is 25.2 Å². The molecule has 6 nitrogen and oxygen atoms in total. The first-order chi connectivity index (χ1) is 12.2. The summed E-state index contributed by atoms with van der Waals surface area (Å²) in [7, 11) is 0.235. The van der Waals surface area contributed by atoms with E-state index in [1.807, 2.05) is 27.7 Å². The molecule has 0 N–H and O–H groups in total. The van der Waals surface area contributed by atoms with Crippen molar-refractivity contribution in [3.8, 4) is 0 Å². The molecule has 0 aromatic carbocycles. The van der Waals surface area contributed by atoms with Crippen molar-refractivity contribution < 1.29 is 36.8 Å². The Labute approximate surface area is 159 Å². The summed E-state index contributed by atoms with van der Waals surface area (Å²) in [5, 5.41) is 0. The molecule has 1 amide bonds. The minimum atomic E-state index is -5.07. The van der Waals surface area contributed by atoms with Crippen molar-refractivity contribution in [1.29, 1.82) is 0 Å². The molecule has 0 unspecified atom stereocenters. The first kappa shape index (κ1) is 21.7. The third-order valence-corrected chi connectivity index (χ3v) is 5.81. The number of hydrogen-bond acceptors (Lipinski definition) is 6. The zero-order valence-corrected chi connectivity index (χ0v) is 16.7. The average molecular weight is 407 g/mol. The van der Waals surface area contributed by atoms with Crippen molar-refractivity contribution in [1.82, 2.24) is 0 Å². The molecule has 1 aliphatic heterocycles. The van der Waals surface area contributed by atoms with Crippen LogP contribution >= 0.6 is 11.3 Å². The summed E-state index contributed by atoms with van der Waals surface area (Å²) in [5.74, 6) is -2.90. The van der Waals surface area contributed by atoms with Crippen LogP contribution in [0, 0.1) is 0 Å². The van der Waals surface area contributed by atoms with Crippen molar-refractivity contribution in [2.45, 2.75) is 52.0 Å². The summed E-state index contributed by atoms with van der Waals surface area (Å²) >= 11 is 0.877. The van der Waals surface area contributed by atoms with Gasteiger partial charge in [0.25, 0.3) is 0 Å². The van der Waals surface area contributed by atoms with Gasteiger partial charge in [-0.1, -0.05) is 0 Å². The van der Waals surface area contributed by atoms with Crippen LogP contribution in [0.25, 0.3) is 0 Å². The normalized spacial score (nSPS) is 18.5. The van der Waals surface area contributed by atoms with E-state index in [4.69, 9.17) is 9.31 Å². The fraction of sp³-hybridized carbons (Fsp3) is 0.625. The van der Waals surface area contributed by atoms with Crippen LogP contribution in [0.2, 0.25) is 0 Å².